The molecular weight excluding hydrogens is 386 g/mol. The zero-order valence-corrected chi connectivity index (χ0v) is 16.8. The molecule has 29 heavy (non-hydrogen) atoms. The molecule has 0 atom stereocenters. The predicted octanol–water partition coefficient (Wildman–Crippen LogP) is 3.67. The van der Waals surface area contributed by atoms with Crippen LogP contribution in [0, 0.1) is 0 Å². The Kier molecular flexibility index (Phi) is 4.60. The average molecular weight is 406 g/mol. The second kappa shape index (κ2) is 7.40. The Bertz CT molecular complexity index is 1100. The van der Waals surface area contributed by atoms with Crippen LogP contribution in [-0.2, 0) is 0 Å². The summed E-state index contributed by atoms with van der Waals surface area (Å²) >= 11 is 6.11. The highest BCUT2D eigenvalue weighted by atomic mass is 35.5. The van der Waals surface area contributed by atoms with E-state index in [1.165, 1.54) is 0 Å². The zero-order valence-electron chi connectivity index (χ0n) is 16.0. The normalized spacial score (nSPS) is 15.9. The van der Waals surface area contributed by atoms with Gasteiger partial charge in [-0.3, -0.25) is 14.5 Å². The number of hydrogen-bond donors (Lipinski definition) is 0. The highest BCUT2D eigenvalue weighted by Gasteiger charge is 2.31. The van der Waals surface area contributed by atoms with E-state index in [9.17, 15) is 0 Å². The van der Waals surface area contributed by atoms with Gasteiger partial charge < -0.3 is 4.90 Å². The van der Waals surface area contributed by atoms with Gasteiger partial charge in [-0.2, -0.15) is 0 Å². The third kappa shape index (κ3) is 3.65. The fourth-order valence-electron chi connectivity index (χ4n) is 3.49. The summed E-state index contributed by atoms with van der Waals surface area (Å²) in [6, 6.07) is 12.1. The maximum Gasteiger partial charge on any atom is 0.227 e. The van der Waals surface area contributed by atoms with Crippen molar-refractivity contribution in [2.45, 2.75) is 18.9 Å². The minimum atomic E-state index is 0.446. The lowest BCUT2D eigenvalue weighted by molar-refractivity contribution is 0.729. The van der Waals surface area contributed by atoms with Crippen LogP contribution in [0.25, 0.3) is 11.4 Å². The van der Waals surface area contributed by atoms with Crippen molar-refractivity contribution in [2.24, 2.45) is 9.98 Å². The van der Waals surface area contributed by atoms with Crippen molar-refractivity contribution >= 4 is 29.1 Å². The maximum absolute atomic E-state index is 6.11. The molecule has 1 saturated carbocycles. The van der Waals surface area contributed by atoms with E-state index < -0.39 is 0 Å². The number of halogens is 1. The molecule has 3 heterocycles. The summed E-state index contributed by atoms with van der Waals surface area (Å²) in [5.74, 6) is 2.51. The zero-order chi connectivity index (χ0) is 19.8. The molecule has 0 radical (unpaired) electrons. The van der Waals surface area contributed by atoms with E-state index in [4.69, 9.17) is 16.6 Å². The summed E-state index contributed by atoms with van der Waals surface area (Å²) in [5.41, 5.74) is 2.98. The Morgan fingerprint density at radius 3 is 2.69 bits per heavy atom. The summed E-state index contributed by atoms with van der Waals surface area (Å²) in [5, 5.41) is 9.66. The van der Waals surface area contributed by atoms with Gasteiger partial charge in [-0.05, 0) is 42.7 Å². The smallest absolute Gasteiger partial charge is 0.227 e. The minimum absolute atomic E-state index is 0.446. The van der Waals surface area contributed by atoms with Crippen LogP contribution in [0.3, 0.4) is 0 Å². The first-order valence-electron chi connectivity index (χ1n) is 9.62. The molecule has 0 unspecified atom stereocenters. The van der Waals surface area contributed by atoms with E-state index in [0.29, 0.717) is 24.2 Å². The number of aliphatic imine (C=N–C) groups is 2. The lowest BCUT2D eigenvalue weighted by Crippen LogP contribution is -2.27. The van der Waals surface area contributed by atoms with Crippen LogP contribution < -0.4 is 4.90 Å². The van der Waals surface area contributed by atoms with E-state index in [1.54, 1.807) is 12.4 Å². The predicted molar refractivity (Wildman–Crippen MR) is 115 cm³/mol. The fraction of sp³-hybridized carbons (Fsp3) is 0.286. The van der Waals surface area contributed by atoms with Crippen molar-refractivity contribution in [1.29, 1.82) is 0 Å². The number of pyridine rings is 1. The summed E-state index contributed by atoms with van der Waals surface area (Å²) in [4.78, 5) is 15.5. The Morgan fingerprint density at radius 1 is 1.10 bits per heavy atom. The molecule has 0 saturated heterocycles. The van der Waals surface area contributed by atoms with Gasteiger partial charge in [0.1, 0.15) is 5.84 Å². The Balaban J connectivity index is 1.38. The SMILES string of the molecule is CN(CC1=NCC(c2cccc(Cl)c2)=N1)c1nnc(-c2ccncc2)n1C1CC1. The Labute approximate surface area is 173 Å². The van der Waals surface area contributed by atoms with Crippen LogP contribution in [-0.4, -0.2) is 51.4 Å². The van der Waals surface area contributed by atoms with Crippen LogP contribution >= 0.6 is 11.6 Å². The minimum Gasteiger partial charge on any atom is -0.336 e. The van der Waals surface area contributed by atoms with E-state index in [0.717, 1.165) is 47.3 Å². The number of amidine groups is 1. The maximum atomic E-state index is 6.11. The van der Waals surface area contributed by atoms with Gasteiger partial charge in [-0.25, -0.2) is 4.99 Å². The topological polar surface area (TPSA) is 71.6 Å². The molecule has 8 heteroatoms. The third-order valence-corrected chi connectivity index (χ3v) is 5.32. The number of hydrogen-bond acceptors (Lipinski definition) is 6. The van der Waals surface area contributed by atoms with E-state index in [1.807, 2.05) is 43.4 Å². The quantitative estimate of drug-likeness (QED) is 0.627. The molecular formula is C21H20ClN7. The molecule has 5 rings (SSSR count). The van der Waals surface area contributed by atoms with E-state index >= 15 is 0 Å². The van der Waals surface area contributed by atoms with Gasteiger partial charge in [0.25, 0.3) is 0 Å². The molecule has 2 aliphatic rings. The lowest BCUT2D eigenvalue weighted by Gasteiger charge is -2.18. The molecule has 1 fully saturated rings. The van der Waals surface area contributed by atoms with Gasteiger partial charge in [-0.15, -0.1) is 10.2 Å². The molecule has 0 amide bonds. The molecule has 146 valence electrons. The van der Waals surface area contributed by atoms with Gasteiger partial charge in [0.2, 0.25) is 5.95 Å². The molecule has 0 bridgehead atoms. The van der Waals surface area contributed by atoms with Crippen molar-refractivity contribution in [1.82, 2.24) is 19.7 Å². The van der Waals surface area contributed by atoms with Crippen molar-refractivity contribution in [3.63, 3.8) is 0 Å². The molecule has 0 N–H and O–H groups in total. The fourth-order valence-corrected chi connectivity index (χ4v) is 3.69. The standard InChI is InChI=1S/C21H20ClN7/c1-28(13-19-24-12-18(25-19)15-3-2-4-16(22)11-15)21-27-26-20(29(21)17-5-6-17)14-7-9-23-10-8-14/h2-4,7-11,17H,5-6,12-13H2,1H3. The molecule has 7 nitrogen and oxygen atoms in total. The summed E-state index contributed by atoms with van der Waals surface area (Å²) in [6.45, 7) is 1.15. The number of benzene rings is 1. The second-order valence-electron chi connectivity index (χ2n) is 7.32. The Hall–Kier alpha value is -3.06. The monoisotopic (exact) mass is 405 g/mol. The van der Waals surface area contributed by atoms with Crippen LogP contribution in [0.1, 0.15) is 24.4 Å². The highest BCUT2D eigenvalue weighted by molar-refractivity contribution is 6.31. The first-order valence-corrected chi connectivity index (χ1v) is 10.00. The van der Waals surface area contributed by atoms with E-state index in [2.05, 4.69) is 29.6 Å². The summed E-state index contributed by atoms with van der Waals surface area (Å²) in [6.07, 6.45) is 5.86. The van der Waals surface area contributed by atoms with E-state index in [-0.39, 0.29) is 0 Å². The van der Waals surface area contributed by atoms with Crippen molar-refractivity contribution in [3.8, 4) is 11.4 Å². The van der Waals surface area contributed by atoms with Crippen molar-refractivity contribution in [3.05, 3.63) is 59.4 Å². The average Bonchev–Trinajstić information content (AvgIpc) is 3.30. The molecule has 2 aromatic heterocycles. The van der Waals surface area contributed by atoms with Crippen LogP contribution in [0.5, 0.6) is 0 Å². The second-order valence-corrected chi connectivity index (χ2v) is 7.75. The number of likely N-dealkylation sites (N-methyl/N-ethyl adjacent to an activating group) is 1. The van der Waals surface area contributed by atoms with Crippen LogP contribution in [0.15, 0.2) is 58.8 Å². The van der Waals surface area contributed by atoms with Crippen molar-refractivity contribution in [2.75, 3.05) is 25.0 Å². The van der Waals surface area contributed by atoms with Gasteiger partial charge in [0.05, 0.1) is 18.8 Å². The number of aromatic nitrogens is 4. The van der Waals surface area contributed by atoms with Gasteiger partial charge in [0, 0.05) is 36.1 Å². The number of rotatable bonds is 6. The van der Waals surface area contributed by atoms with Gasteiger partial charge in [0.15, 0.2) is 5.82 Å². The lowest BCUT2D eigenvalue weighted by atomic mass is 10.1. The molecule has 0 spiro atoms. The third-order valence-electron chi connectivity index (χ3n) is 5.08. The number of anilines is 1. The first-order chi connectivity index (χ1) is 14.2. The van der Waals surface area contributed by atoms with Gasteiger partial charge in [-0.1, -0.05) is 23.7 Å². The molecule has 1 aromatic carbocycles. The molecule has 1 aliphatic carbocycles. The molecule has 3 aromatic rings. The van der Waals surface area contributed by atoms with Gasteiger partial charge >= 0.3 is 0 Å². The largest absolute Gasteiger partial charge is 0.336 e. The Morgan fingerprint density at radius 2 is 1.93 bits per heavy atom. The summed E-state index contributed by atoms with van der Waals surface area (Å²) in [7, 11) is 2.01. The van der Waals surface area contributed by atoms with Crippen LogP contribution in [0.4, 0.5) is 5.95 Å². The van der Waals surface area contributed by atoms with Crippen molar-refractivity contribution < 1.29 is 0 Å². The first kappa shape index (κ1) is 18.0. The highest BCUT2D eigenvalue weighted by Crippen LogP contribution is 2.40. The summed E-state index contributed by atoms with van der Waals surface area (Å²) < 4.78 is 2.23. The number of nitrogens with zero attached hydrogens (tertiary/aromatic N) is 7. The molecule has 1 aliphatic heterocycles. The van der Waals surface area contributed by atoms with Crippen LogP contribution in [0.2, 0.25) is 5.02 Å².